The van der Waals surface area contributed by atoms with E-state index in [-0.39, 0.29) is 6.42 Å². The van der Waals surface area contributed by atoms with Gasteiger partial charge in [0.2, 0.25) is 5.91 Å². The number of carbonyl (C=O) groups excluding carboxylic acids is 2. The molecule has 0 heterocycles. The van der Waals surface area contributed by atoms with E-state index >= 15 is 0 Å². The van der Waals surface area contributed by atoms with Crippen molar-refractivity contribution < 1.29 is 14.3 Å². The molecule has 1 N–H and O–H groups in total. The number of rotatable bonds is 3. The van der Waals surface area contributed by atoms with Gasteiger partial charge in [-0.3, -0.25) is 9.59 Å². The number of methoxy groups -OCH3 is 1. The maximum Gasteiger partial charge on any atom is 0.315 e. The van der Waals surface area contributed by atoms with Crippen LogP contribution in [0.1, 0.15) is 6.42 Å². The molecule has 1 aromatic carbocycles. The molecule has 6 heteroatoms. The quantitative estimate of drug-likeness (QED) is 0.672. The van der Waals surface area contributed by atoms with Crippen LogP contribution in [0.25, 0.3) is 0 Å². The Morgan fingerprint density at radius 2 is 2.06 bits per heavy atom. The van der Waals surface area contributed by atoms with Crippen molar-refractivity contribution in [2.24, 2.45) is 0 Å². The number of amides is 1. The first-order valence-corrected chi connectivity index (χ1v) is 5.10. The second kappa shape index (κ2) is 5.72. The van der Waals surface area contributed by atoms with Crippen LogP contribution in [0, 0.1) is 0 Å². The van der Waals surface area contributed by atoms with Gasteiger partial charge in [0.25, 0.3) is 0 Å². The van der Waals surface area contributed by atoms with Crippen LogP contribution in [0.3, 0.4) is 0 Å². The summed E-state index contributed by atoms with van der Waals surface area (Å²) in [7, 11) is 1.21. The summed E-state index contributed by atoms with van der Waals surface area (Å²) in [6.45, 7) is 0. The molecule has 1 aromatic rings. The summed E-state index contributed by atoms with van der Waals surface area (Å²) in [4.78, 5) is 22.2. The van der Waals surface area contributed by atoms with Crippen molar-refractivity contribution in [3.63, 3.8) is 0 Å². The highest BCUT2D eigenvalue weighted by Gasteiger charge is 2.11. The van der Waals surface area contributed by atoms with Gasteiger partial charge in [-0.15, -0.1) is 0 Å². The van der Waals surface area contributed by atoms with Crippen molar-refractivity contribution in [1.29, 1.82) is 0 Å². The summed E-state index contributed by atoms with van der Waals surface area (Å²) in [6.07, 6.45) is -0.362. The Morgan fingerprint density at radius 1 is 1.38 bits per heavy atom. The second-order valence-corrected chi connectivity index (χ2v) is 3.77. The fraction of sp³-hybridized carbons (Fsp3) is 0.200. The van der Waals surface area contributed by atoms with Crippen LogP contribution in [0.2, 0.25) is 10.0 Å². The summed E-state index contributed by atoms with van der Waals surface area (Å²) >= 11 is 11.6. The first kappa shape index (κ1) is 12.8. The first-order valence-electron chi connectivity index (χ1n) is 4.34. The van der Waals surface area contributed by atoms with E-state index < -0.39 is 11.9 Å². The van der Waals surface area contributed by atoms with Gasteiger partial charge in [0.15, 0.2) is 0 Å². The average molecular weight is 262 g/mol. The van der Waals surface area contributed by atoms with Gasteiger partial charge < -0.3 is 10.1 Å². The van der Waals surface area contributed by atoms with E-state index in [0.717, 1.165) is 0 Å². The van der Waals surface area contributed by atoms with E-state index in [9.17, 15) is 9.59 Å². The van der Waals surface area contributed by atoms with Crippen molar-refractivity contribution in [3.8, 4) is 0 Å². The van der Waals surface area contributed by atoms with Gasteiger partial charge in [-0.05, 0) is 18.2 Å². The predicted octanol–water partition coefficient (Wildman–Crippen LogP) is 2.50. The Hall–Kier alpha value is -1.26. The SMILES string of the molecule is COC(=O)CC(=O)Nc1cc(Cl)ccc1Cl. The Bertz CT molecular complexity index is 421. The van der Waals surface area contributed by atoms with Gasteiger partial charge in [-0.25, -0.2) is 0 Å². The van der Waals surface area contributed by atoms with Gasteiger partial charge in [-0.2, -0.15) is 0 Å². The zero-order valence-corrected chi connectivity index (χ0v) is 9.93. The highest BCUT2D eigenvalue weighted by atomic mass is 35.5. The molecule has 86 valence electrons. The number of ether oxygens (including phenoxy) is 1. The molecule has 0 spiro atoms. The molecular weight excluding hydrogens is 253 g/mol. The molecule has 0 unspecified atom stereocenters. The summed E-state index contributed by atoms with van der Waals surface area (Å²) in [5, 5.41) is 3.25. The van der Waals surface area contributed by atoms with Crippen LogP contribution in [0.4, 0.5) is 5.69 Å². The molecule has 1 amide bonds. The highest BCUT2D eigenvalue weighted by Crippen LogP contribution is 2.25. The van der Waals surface area contributed by atoms with Gasteiger partial charge in [0.1, 0.15) is 6.42 Å². The zero-order chi connectivity index (χ0) is 12.1. The van der Waals surface area contributed by atoms with E-state index in [0.29, 0.717) is 15.7 Å². The third-order valence-corrected chi connectivity index (χ3v) is 2.30. The average Bonchev–Trinajstić information content (AvgIpc) is 2.23. The molecule has 0 aliphatic carbocycles. The number of hydrogen-bond donors (Lipinski definition) is 1. The maximum atomic E-state index is 11.3. The molecule has 0 radical (unpaired) electrons. The molecule has 0 aromatic heterocycles. The minimum atomic E-state index is -0.615. The van der Waals surface area contributed by atoms with E-state index in [1.54, 1.807) is 12.1 Å². The van der Waals surface area contributed by atoms with Crippen LogP contribution in [-0.2, 0) is 14.3 Å². The lowest BCUT2D eigenvalue weighted by atomic mass is 10.3. The molecule has 0 fully saturated rings. The molecule has 0 saturated carbocycles. The van der Waals surface area contributed by atoms with Crippen molar-refractivity contribution in [1.82, 2.24) is 0 Å². The number of nitrogens with one attached hydrogen (secondary N) is 1. The third kappa shape index (κ3) is 3.72. The number of carbonyl (C=O) groups is 2. The summed E-state index contributed by atoms with van der Waals surface area (Å²) in [6, 6.07) is 4.65. The Labute approximate surface area is 102 Å². The van der Waals surface area contributed by atoms with Crippen LogP contribution < -0.4 is 5.32 Å². The molecule has 0 saturated heterocycles. The number of anilines is 1. The molecule has 4 nitrogen and oxygen atoms in total. The van der Waals surface area contributed by atoms with Crippen LogP contribution >= 0.6 is 23.2 Å². The van der Waals surface area contributed by atoms with Crippen molar-refractivity contribution in [2.45, 2.75) is 6.42 Å². The summed E-state index contributed by atoms with van der Waals surface area (Å²) in [5.41, 5.74) is 0.364. The van der Waals surface area contributed by atoms with Crippen molar-refractivity contribution >= 4 is 40.8 Å². The van der Waals surface area contributed by atoms with Crippen molar-refractivity contribution in [2.75, 3.05) is 12.4 Å². The predicted molar refractivity (Wildman–Crippen MR) is 61.7 cm³/mol. The molecule has 1 rings (SSSR count). The lowest BCUT2D eigenvalue weighted by molar-refractivity contribution is -0.142. The fourth-order valence-corrected chi connectivity index (χ4v) is 1.33. The van der Waals surface area contributed by atoms with Crippen LogP contribution in [0.15, 0.2) is 18.2 Å². The normalized spacial score (nSPS) is 9.69. The van der Waals surface area contributed by atoms with Gasteiger partial charge in [0.05, 0.1) is 17.8 Å². The van der Waals surface area contributed by atoms with E-state index in [1.165, 1.54) is 13.2 Å². The van der Waals surface area contributed by atoms with Gasteiger partial charge in [-0.1, -0.05) is 23.2 Å². The van der Waals surface area contributed by atoms with E-state index in [2.05, 4.69) is 10.1 Å². The van der Waals surface area contributed by atoms with Crippen LogP contribution in [-0.4, -0.2) is 19.0 Å². The maximum absolute atomic E-state index is 11.3. The number of esters is 1. The molecule has 0 aliphatic rings. The smallest absolute Gasteiger partial charge is 0.315 e. The Morgan fingerprint density at radius 3 is 2.69 bits per heavy atom. The monoisotopic (exact) mass is 261 g/mol. The van der Waals surface area contributed by atoms with E-state index in [4.69, 9.17) is 23.2 Å². The van der Waals surface area contributed by atoms with Crippen molar-refractivity contribution in [3.05, 3.63) is 28.2 Å². The van der Waals surface area contributed by atoms with E-state index in [1.807, 2.05) is 0 Å². The largest absolute Gasteiger partial charge is 0.469 e. The second-order valence-electron chi connectivity index (χ2n) is 2.93. The molecule has 0 atom stereocenters. The standard InChI is InChI=1S/C10H9Cl2NO3/c1-16-10(15)5-9(14)13-8-4-6(11)2-3-7(8)12/h2-4H,5H2,1H3,(H,13,14). The Kier molecular flexibility index (Phi) is 4.58. The molecule has 0 bridgehead atoms. The highest BCUT2D eigenvalue weighted by molar-refractivity contribution is 6.35. The zero-order valence-electron chi connectivity index (χ0n) is 8.42. The minimum Gasteiger partial charge on any atom is -0.469 e. The lowest BCUT2D eigenvalue weighted by Gasteiger charge is -2.06. The summed E-state index contributed by atoms with van der Waals surface area (Å²) in [5.74, 6) is -1.12. The summed E-state index contributed by atoms with van der Waals surface area (Å²) < 4.78 is 4.35. The molecule has 16 heavy (non-hydrogen) atoms. The first-order chi connectivity index (χ1) is 7.52. The third-order valence-electron chi connectivity index (χ3n) is 1.74. The van der Waals surface area contributed by atoms with Crippen LogP contribution in [0.5, 0.6) is 0 Å². The number of hydrogen-bond acceptors (Lipinski definition) is 3. The Balaban J connectivity index is 2.69. The molecule has 0 aliphatic heterocycles. The lowest BCUT2D eigenvalue weighted by Crippen LogP contribution is -2.17. The number of benzene rings is 1. The van der Waals surface area contributed by atoms with Gasteiger partial charge >= 0.3 is 5.97 Å². The fourth-order valence-electron chi connectivity index (χ4n) is 0.991. The molecular formula is C10H9Cl2NO3. The minimum absolute atomic E-state index is 0.350. The van der Waals surface area contributed by atoms with Gasteiger partial charge in [0, 0.05) is 5.02 Å². The topological polar surface area (TPSA) is 55.4 Å². The number of halogens is 2.